The molecule has 2 N–H and O–H groups in total. The van der Waals surface area contributed by atoms with Crippen molar-refractivity contribution in [2.24, 2.45) is 5.92 Å². The summed E-state index contributed by atoms with van der Waals surface area (Å²) in [5.74, 6) is 1.09. The molecule has 1 aliphatic heterocycles. The fraction of sp³-hybridized carbons (Fsp3) is 0.625. The molecule has 0 saturated carbocycles. The maximum Gasteiger partial charge on any atom is 0.115 e. The van der Waals surface area contributed by atoms with E-state index in [0.29, 0.717) is 11.8 Å². The summed E-state index contributed by atoms with van der Waals surface area (Å²) in [5, 5.41) is 12.9. The molecule has 1 aromatic carbocycles. The third kappa shape index (κ3) is 4.22. The van der Waals surface area contributed by atoms with Crippen molar-refractivity contribution in [3.05, 3.63) is 29.8 Å². The van der Waals surface area contributed by atoms with Gasteiger partial charge in [-0.05, 0) is 36.5 Å². The van der Waals surface area contributed by atoms with E-state index in [1.807, 2.05) is 0 Å². The lowest BCUT2D eigenvalue weighted by Crippen LogP contribution is -2.45. The number of phenols is 1. The second-order valence-electron chi connectivity index (χ2n) is 5.86. The van der Waals surface area contributed by atoms with E-state index in [1.54, 1.807) is 12.1 Å². The first-order valence-electron chi connectivity index (χ1n) is 7.40. The van der Waals surface area contributed by atoms with Gasteiger partial charge in [-0.3, -0.25) is 4.90 Å². The van der Waals surface area contributed by atoms with Crippen molar-refractivity contribution in [1.82, 2.24) is 10.2 Å². The second-order valence-corrected chi connectivity index (χ2v) is 5.86. The zero-order valence-electron chi connectivity index (χ0n) is 12.1. The molecule has 1 aliphatic rings. The highest BCUT2D eigenvalue weighted by Crippen LogP contribution is 2.28. The van der Waals surface area contributed by atoms with Gasteiger partial charge in [-0.25, -0.2) is 0 Å². The van der Waals surface area contributed by atoms with Crippen molar-refractivity contribution in [2.45, 2.75) is 32.7 Å². The molecule has 1 heterocycles. The van der Waals surface area contributed by atoms with E-state index >= 15 is 0 Å². The summed E-state index contributed by atoms with van der Waals surface area (Å²) in [6.07, 6.45) is 2.44. The number of benzene rings is 1. The number of phenolic OH excluding ortho intramolecular Hbond substituents is 1. The summed E-state index contributed by atoms with van der Waals surface area (Å²) < 4.78 is 0. The van der Waals surface area contributed by atoms with E-state index in [9.17, 15) is 5.11 Å². The van der Waals surface area contributed by atoms with Crippen molar-refractivity contribution >= 4 is 0 Å². The first kappa shape index (κ1) is 14.4. The predicted molar refractivity (Wildman–Crippen MR) is 79.4 cm³/mol. The van der Waals surface area contributed by atoms with Crippen LogP contribution in [0, 0.1) is 5.92 Å². The molecule has 1 saturated heterocycles. The number of nitrogens with one attached hydrogen (secondary N) is 1. The molecule has 0 spiro atoms. The van der Waals surface area contributed by atoms with Crippen LogP contribution in [0.25, 0.3) is 0 Å². The van der Waals surface area contributed by atoms with Gasteiger partial charge in [0.15, 0.2) is 0 Å². The zero-order chi connectivity index (χ0) is 13.7. The quantitative estimate of drug-likeness (QED) is 0.856. The Labute approximate surface area is 116 Å². The average Bonchev–Trinajstić information content (AvgIpc) is 2.42. The van der Waals surface area contributed by atoms with Crippen molar-refractivity contribution in [1.29, 1.82) is 0 Å². The largest absolute Gasteiger partial charge is 0.508 e. The molecule has 1 fully saturated rings. The monoisotopic (exact) mass is 262 g/mol. The number of hydrogen-bond donors (Lipinski definition) is 2. The van der Waals surface area contributed by atoms with E-state index in [2.05, 4.69) is 36.2 Å². The molecule has 0 aromatic heterocycles. The smallest absolute Gasteiger partial charge is 0.115 e. The molecule has 0 radical (unpaired) electrons. The molecule has 0 bridgehead atoms. The van der Waals surface area contributed by atoms with Gasteiger partial charge < -0.3 is 10.4 Å². The molecule has 0 amide bonds. The molecular weight excluding hydrogens is 236 g/mol. The Kier molecular flexibility index (Phi) is 5.23. The van der Waals surface area contributed by atoms with Gasteiger partial charge in [0, 0.05) is 32.2 Å². The lowest BCUT2D eigenvalue weighted by Gasteiger charge is -2.35. The van der Waals surface area contributed by atoms with Crippen LogP contribution in [0.4, 0.5) is 0 Å². The van der Waals surface area contributed by atoms with E-state index in [-0.39, 0.29) is 0 Å². The van der Waals surface area contributed by atoms with Crippen LogP contribution in [0.2, 0.25) is 0 Å². The summed E-state index contributed by atoms with van der Waals surface area (Å²) >= 11 is 0. The SMILES string of the molecule is CC(C)CC[C@@H](c1ccc(O)cc1)N1CCNCC1. The molecular formula is C16H26N2O. The van der Waals surface area contributed by atoms with Crippen LogP contribution in [0.3, 0.4) is 0 Å². The number of rotatable bonds is 5. The van der Waals surface area contributed by atoms with Crippen LogP contribution >= 0.6 is 0 Å². The molecule has 0 aliphatic carbocycles. The maximum atomic E-state index is 9.44. The zero-order valence-corrected chi connectivity index (χ0v) is 12.1. The Morgan fingerprint density at radius 3 is 2.32 bits per heavy atom. The summed E-state index contributed by atoms with van der Waals surface area (Å²) in [6.45, 7) is 8.96. The summed E-state index contributed by atoms with van der Waals surface area (Å²) in [5.41, 5.74) is 1.33. The minimum absolute atomic E-state index is 0.353. The summed E-state index contributed by atoms with van der Waals surface area (Å²) in [4.78, 5) is 2.57. The van der Waals surface area contributed by atoms with E-state index in [1.165, 1.54) is 18.4 Å². The minimum Gasteiger partial charge on any atom is -0.508 e. The Morgan fingerprint density at radius 1 is 1.11 bits per heavy atom. The van der Waals surface area contributed by atoms with Crippen molar-refractivity contribution in [3.8, 4) is 5.75 Å². The maximum absolute atomic E-state index is 9.44. The minimum atomic E-state index is 0.353. The van der Waals surface area contributed by atoms with E-state index in [4.69, 9.17) is 0 Å². The number of piperazine rings is 1. The molecule has 1 aromatic rings. The third-order valence-electron chi connectivity index (χ3n) is 3.89. The van der Waals surface area contributed by atoms with Gasteiger partial charge in [-0.1, -0.05) is 26.0 Å². The molecule has 0 unspecified atom stereocenters. The highest BCUT2D eigenvalue weighted by atomic mass is 16.3. The Hall–Kier alpha value is -1.06. The molecule has 106 valence electrons. The first-order chi connectivity index (χ1) is 9.16. The molecule has 2 rings (SSSR count). The van der Waals surface area contributed by atoms with Crippen LogP contribution in [-0.4, -0.2) is 36.2 Å². The van der Waals surface area contributed by atoms with E-state index in [0.717, 1.165) is 32.1 Å². The normalized spacial score (nSPS) is 18.7. The summed E-state index contributed by atoms with van der Waals surface area (Å²) in [6, 6.07) is 8.25. The highest BCUT2D eigenvalue weighted by Gasteiger charge is 2.22. The number of hydrogen-bond acceptors (Lipinski definition) is 3. The molecule has 3 nitrogen and oxygen atoms in total. The van der Waals surface area contributed by atoms with Gasteiger partial charge in [0.2, 0.25) is 0 Å². The highest BCUT2D eigenvalue weighted by molar-refractivity contribution is 5.28. The first-order valence-corrected chi connectivity index (χ1v) is 7.40. The van der Waals surface area contributed by atoms with Crippen LogP contribution < -0.4 is 5.32 Å². The fourth-order valence-corrected chi connectivity index (χ4v) is 2.74. The third-order valence-corrected chi connectivity index (χ3v) is 3.89. The van der Waals surface area contributed by atoms with Crippen molar-refractivity contribution in [3.63, 3.8) is 0 Å². The van der Waals surface area contributed by atoms with Gasteiger partial charge >= 0.3 is 0 Å². The second kappa shape index (κ2) is 6.92. The Bertz CT molecular complexity index is 369. The van der Waals surface area contributed by atoms with Gasteiger partial charge in [0.1, 0.15) is 5.75 Å². The van der Waals surface area contributed by atoms with Gasteiger partial charge in [-0.15, -0.1) is 0 Å². The topological polar surface area (TPSA) is 35.5 Å². The van der Waals surface area contributed by atoms with Gasteiger partial charge in [-0.2, -0.15) is 0 Å². The standard InChI is InChI=1S/C16H26N2O/c1-13(2)3-8-16(18-11-9-17-10-12-18)14-4-6-15(19)7-5-14/h4-7,13,16-17,19H,3,8-12H2,1-2H3/t16-/m0/s1. The molecule has 19 heavy (non-hydrogen) atoms. The number of nitrogens with zero attached hydrogens (tertiary/aromatic N) is 1. The van der Waals surface area contributed by atoms with Gasteiger partial charge in [0.05, 0.1) is 0 Å². The Balaban J connectivity index is 2.10. The van der Waals surface area contributed by atoms with Crippen molar-refractivity contribution in [2.75, 3.05) is 26.2 Å². The van der Waals surface area contributed by atoms with Gasteiger partial charge in [0.25, 0.3) is 0 Å². The lowest BCUT2D eigenvalue weighted by atomic mass is 9.95. The average molecular weight is 262 g/mol. The van der Waals surface area contributed by atoms with Crippen molar-refractivity contribution < 1.29 is 5.11 Å². The van der Waals surface area contributed by atoms with Crippen LogP contribution in [-0.2, 0) is 0 Å². The Morgan fingerprint density at radius 2 is 1.74 bits per heavy atom. The number of aromatic hydroxyl groups is 1. The molecule has 1 atom stereocenters. The lowest BCUT2D eigenvalue weighted by molar-refractivity contribution is 0.159. The van der Waals surface area contributed by atoms with E-state index < -0.39 is 0 Å². The predicted octanol–water partition coefficient (Wildman–Crippen LogP) is 2.77. The fourth-order valence-electron chi connectivity index (χ4n) is 2.74. The van der Waals surface area contributed by atoms with Crippen LogP contribution in [0.5, 0.6) is 5.75 Å². The molecule has 3 heteroatoms. The van der Waals surface area contributed by atoms with Crippen LogP contribution in [0.15, 0.2) is 24.3 Å². The summed E-state index contributed by atoms with van der Waals surface area (Å²) in [7, 11) is 0. The van der Waals surface area contributed by atoms with Crippen LogP contribution in [0.1, 0.15) is 38.3 Å².